The van der Waals surface area contributed by atoms with E-state index in [2.05, 4.69) is 5.32 Å². The maximum Gasteiger partial charge on any atom is 0.227 e. The Bertz CT molecular complexity index is 376. The molecule has 3 nitrogen and oxygen atoms in total. The zero-order valence-electron chi connectivity index (χ0n) is 10.9. The number of carbonyl (C=O) groups excluding carboxylic acids is 1. The second kappa shape index (κ2) is 5.32. The number of benzene rings is 1. The van der Waals surface area contributed by atoms with Crippen LogP contribution in [-0.4, -0.2) is 11.0 Å². The Kier molecular flexibility index (Phi) is 4.29. The molecule has 0 aliphatic carbocycles. The summed E-state index contributed by atoms with van der Waals surface area (Å²) < 4.78 is 0. The van der Waals surface area contributed by atoms with Crippen LogP contribution in [0.15, 0.2) is 24.3 Å². The average molecular weight is 235 g/mol. The molecular formula is C14H21NO2. The minimum atomic E-state index is -0.848. The first-order valence-electron chi connectivity index (χ1n) is 5.98. The summed E-state index contributed by atoms with van der Waals surface area (Å²) in [6.07, 6.45) is 0.827. The van der Waals surface area contributed by atoms with Crippen LogP contribution in [-0.2, 0) is 10.4 Å². The minimum Gasteiger partial charge on any atom is -0.386 e. The number of hydrogen-bond donors (Lipinski definition) is 2. The van der Waals surface area contributed by atoms with Crippen LogP contribution in [0.3, 0.4) is 0 Å². The number of aliphatic hydroxyl groups is 1. The van der Waals surface area contributed by atoms with Gasteiger partial charge in [0.15, 0.2) is 0 Å². The van der Waals surface area contributed by atoms with Crippen molar-refractivity contribution in [3.63, 3.8) is 0 Å². The first kappa shape index (κ1) is 13.7. The largest absolute Gasteiger partial charge is 0.386 e. The molecule has 0 aliphatic heterocycles. The summed E-state index contributed by atoms with van der Waals surface area (Å²) in [5.74, 6) is 0.0486. The average Bonchev–Trinajstić information content (AvgIpc) is 2.27. The quantitative estimate of drug-likeness (QED) is 0.843. The van der Waals surface area contributed by atoms with Crippen molar-refractivity contribution in [2.75, 3.05) is 5.32 Å². The van der Waals surface area contributed by atoms with Gasteiger partial charge >= 0.3 is 0 Å². The highest BCUT2D eigenvalue weighted by Gasteiger charge is 2.16. The van der Waals surface area contributed by atoms with Crippen LogP contribution in [0, 0.1) is 5.92 Å². The van der Waals surface area contributed by atoms with Gasteiger partial charge in [0.2, 0.25) is 5.91 Å². The third kappa shape index (κ3) is 3.86. The van der Waals surface area contributed by atoms with Gasteiger partial charge in [0, 0.05) is 11.6 Å². The molecule has 0 saturated heterocycles. The molecule has 0 saturated carbocycles. The molecular weight excluding hydrogens is 214 g/mol. The predicted molar refractivity (Wildman–Crippen MR) is 69.8 cm³/mol. The Labute approximate surface area is 103 Å². The van der Waals surface area contributed by atoms with Gasteiger partial charge in [-0.15, -0.1) is 0 Å². The summed E-state index contributed by atoms with van der Waals surface area (Å²) in [7, 11) is 0. The highest BCUT2D eigenvalue weighted by molar-refractivity contribution is 5.92. The lowest BCUT2D eigenvalue weighted by Gasteiger charge is -2.18. The lowest BCUT2D eigenvalue weighted by atomic mass is 9.98. The molecule has 1 atom stereocenters. The lowest BCUT2D eigenvalue weighted by Crippen LogP contribution is -2.20. The number of rotatable bonds is 4. The Morgan fingerprint density at radius 1 is 1.35 bits per heavy atom. The van der Waals surface area contributed by atoms with Gasteiger partial charge in [0.25, 0.3) is 0 Å². The molecule has 0 aliphatic rings. The van der Waals surface area contributed by atoms with Gasteiger partial charge in [-0.1, -0.05) is 26.0 Å². The molecule has 1 rings (SSSR count). The van der Waals surface area contributed by atoms with E-state index in [-0.39, 0.29) is 11.8 Å². The fourth-order valence-corrected chi connectivity index (χ4v) is 1.41. The summed E-state index contributed by atoms with van der Waals surface area (Å²) >= 11 is 0. The number of hydrogen-bond acceptors (Lipinski definition) is 2. The molecule has 2 N–H and O–H groups in total. The molecule has 3 heteroatoms. The van der Waals surface area contributed by atoms with E-state index in [1.165, 1.54) is 0 Å². The third-order valence-electron chi connectivity index (χ3n) is 2.92. The normalized spacial score (nSPS) is 13.2. The van der Waals surface area contributed by atoms with Crippen molar-refractivity contribution in [3.8, 4) is 0 Å². The summed E-state index contributed by atoms with van der Waals surface area (Å²) in [6, 6.07) is 7.28. The molecule has 0 radical (unpaired) electrons. The van der Waals surface area contributed by atoms with Crippen LogP contribution in [0.5, 0.6) is 0 Å². The van der Waals surface area contributed by atoms with Crippen LogP contribution >= 0.6 is 0 Å². The fourth-order valence-electron chi connectivity index (χ4n) is 1.41. The van der Waals surface area contributed by atoms with E-state index in [0.29, 0.717) is 0 Å². The third-order valence-corrected chi connectivity index (χ3v) is 2.92. The van der Waals surface area contributed by atoms with Crippen molar-refractivity contribution in [2.45, 2.75) is 39.7 Å². The Hall–Kier alpha value is -1.35. The number of amides is 1. The van der Waals surface area contributed by atoms with Gasteiger partial charge in [-0.05, 0) is 38.0 Å². The summed E-state index contributed by atoms with van der Waals surface area (Å²) in [4.78, 5) is 11.7. The summed E-state index contributed by atoms with van der Waals surface area (Å²) in [5, 5.41) is 12.7. The molecule has 1 unspecified atom stereocenters. The van der Waals surface area contributed by atoms with Gasteiger partial charge in [-0.2, -0.15) is 0 Å². The fraction of sp³-hybridized carbons (Fsp3) is 0.500. The van der Waals surface area contributed by atoms with E-state index in [1.54, 1.807) is 13.8 Å². The van der Waals surface area contributed by atoms with Crippen LogP contribution < -0.4 is 5.32 Å². The van der Waals surface area contributed by atoms with Crippen molar-refractivity contribution in [1.82, 2.24) is 0 Å². The van der Waals surface area contributed by atoms with Crippen molar-refractivity contribution in [2.24, 2.45) is 5.92 Å². The minimum absolute atomic E-state index is 0.0176. The molecule has 17 heavy (non-hydrogen) atoms. The van der Waals surface area contributed by atoms with E-state index >= 15 is 0 Å². The zero-order valence-corrected chi connectivity index (χ0v) is 10.9. The molecule has 1 amide bonds. The Balaban J connectivity index is 2.73. The van der Waals surface area contributed by atoms with Crippen molar-refractivity contribution >= 4 is 11.6 Å². The number of nitrogens with one attached hydrogen (secondary N) is 1. The maximum atomic E-state index is 11.7. The highest BCUT2D eigenvalue weighted by Crippen LogP contribution is 2.21. The molecule has 1 aromatic carbocycles. The molecule has 0 heterocycles. The van der Waals surface area contributed by atoms with E-state index in [4.69, 9.17) is 0 Å². The maximum absolute atomic E-state index is 11.7. The van der Waals surface area contributed by atoms with Crippen molar-refractivity contribution in [3.05, 3.63) is 29.8 Å². The zero-order chi connectivity index (χ0) is 13.1. The molecule has 1 aromatic rings. The van der Waals surface area contributed by atoms with Crippen LogP contribution in [0.1, 0.15) is 39.7 Å². The SMILES string of the molecule is CCC(C)C(=O)Nc1ccc(C(C)(C)O)cc1. The first-order chi connectivity index (χ1) is 7.84. The van der Waals surface area contributed by atoms with Crippen LogP contribution in [0.4, 0.5) is 5.69 Å². The summed E-state index contributed by atoms with van der Waals surface area (Å²) in [5.41, 5.74) is 0.751. The van der Waals surface area contributed by atoms with Gasteiger partial charge in [-0.25, -0.2) is 0 Å². The predicted octanol–water partition coefficient (Wildman–Crippen LogP) is 2.90. The topological polar surface area (TPSA) is 49.3 Å². The molecule has 0 spiro atoms. The molecule has 94 valence electrons. The Morgan fingerprint density at radius 3 is 2.29 bits per heavy atom. The van der Waals surface area contributed by atoms with E-state index in [1.807, 2.05) is 38.1 Å². The van der Waals surface area contributed by atoms with E-state index < -0.39 is 5.60 Å². The lowest BCUT2D eigenvalue weighted by molar-refractivity contribution is -0.119. The smallest absolute Gasteiger partial charge is 0.227 e. The standard InChI is InChI=1S/C14H21NO2/c1-5-10(2)13(16)15-12-8-6-11(7-9-12)14(3,4)17/h6-10,17H,5H2,1-4H3,(H,15,16). The van der Waals surface area contributed by atoms with Gasteiger partial charge in [0.05, 0.1) is 5.60 Å². The second-order valence-electron chi connectivity index (χ2n) is 4.93. The highest BCUT2D eigenvalue weighted by atomic mass is 16.3. The van der Waals surface area contributed by atoms with E-state index in [0.717, 1.165) is 17.7 Å². The van der Waals surface area contributed by atoms with E-state index in [9.17, 15) is 9.90 Å². The second-order valence-corrected chi connectivity index (χ2v) is 4.93. The molecule has 0 fully saturated rings. The van der Waals surface area contributed by atoms with Crippen LogP contribution in [0.2, 0.25) is 0 Å². The van der Waals surface area contributed by atoms with Gasteiger partial charge in [-0.3, -0.25) is 4.79 Å². The first-order valence-corrected chi connectivity index (χ1v) is 5.98. The monoisotopic (exact) mass is 235 g/mol. The number of carbonyl (C=O) groups is 1. The van der Waals surface area contributed by atoms with Crippen LogP contribution in [0.25, 0.3) is 0 Å². The van der Waals surface area contributed by atoms with Crippen molar-refractivity contribution < 1.29 is 9.90 Å². The van der Waals surface area contributed by atoms with Gasteiger partial charge < -0.3 is 10.4 Å². The van der Waals surface area contributed by atoms with Crippen molar-refractivity contribution in [1.29, 1.82) is 0 Å². The molecule has 0 bridgehead atoms. The van der Waals surface area contributed by atoms with Gasteiger partial charge in [0.1, 0.15) is 0 Å². The summed E-state index contributed by atoms with van der Waals surface area (Å²) in [6.45, 7) is 7.36. The number of anilines is 1. The molecule has 0 aromatic heterocycles. The Morgan fingerprint density at radius 2 is 1.88 bits per heavy atom.